The molecule has 2 aromatic rings. The first-order valence-corrected chi connectivity index (χ1v) is 10.1. The first-order valence-electron chi connectivity index (χ1n) is 10.1. The van der Waals surface area contributed by atoms with E-state index in [0.29, 0.717) is 18.8 Å². The number of rotatable bonds is 5. The van der Waals surface area contributed by atoms with Crippen molar-refractivity contribution in [3.8, 4) is 0 Å². The zero-order chi connectivity index (χ0) is 19.3. The first kappa shape index (κ1) is 18.7. The third kappa shape index (κ3) is 4.28. The Morgan fingerprint density at radius 3 is 2.50 bits per heavy atom. The van der Waals surface area contributed by atoms with Crippen LogP contribution in [0.5, 0.6) is 0 Å². The molecule has 2 saturated heterocycles. The Balaban J connectivity index is 1.27. The second kappa shape index (κ2) is 8.61. The van der Waals surface area contributed by atoms with Crippen molar-refractivity contribution in [2.45, 2.75) is 44.3 Å². The summed E-state index contributed by atoms with van der Waals surface area (Å²) in [5, 5.41) is 3.23. The molecule has 3 heterocycles. The largest absolute Gasteiger partial charge is 0.459 e. The number of hydrogen-bond acceptors (Lipinski definition) is 4. The number of piperidine rings is 1. The Morgan fingerprint density at radius 2 is 1.79 bits per heavy atom. The molecule has 1 atom stereocenters. The van der Waals surface area contributed by atoms with Crippen LogP contribution in [-0.2, 0) is 11.3 Å². The van der Waals surface area contributed by atoms with Gasteiger partial charge in [-0.25, -0.2) is 0 Å². The summed E-state index contributed by atoms with van der Waals surface area (Å²) in [5.74, 6) is 0.439. The molecular formula is C22H27N3O3. The van der Waals surface area contributed by atoms with Gasteiger partial charge in [0.15, 0.2) is 5.76 Å². The van der Waals surface area contributed by atoms with Gasteiger partial charge in [0, 0.05) is 25.7 Å². The molecule has 2 fully saturated rings. The van der Waals surface area contributed by atoms with Crippen molar-refractivity contribution in [2.75, 3.05) is 19.6 Å². The lowest BCUT2D eigenvalue weighted by molar-refractivity contribution is -0.126. The number of nitrogens with one attached hydrogen (secondary N) is 1. The average molecular weight is 381 g/mol. The molecule has 0 aliphatic carbocycles. The van der Waals surface area contributed by atoms with Crippen molar-refractivity contribution in [2.24, 2.45) is 0 Å². The van der Waals surface area contributed by atoms with E-state index < -0.39 is 0 Å². The highest BCUT2D eigenvalue weighted by Gasteiger charge is 2.33. The maximum atomic E-state index is 12.9. The van der Waals surface area contributed by atoms with Gasteiger partial charge < -0.3 is 14.6 Å². The number of carbonyl (C=O) groups excluding carboxylic acids is 2. The second-order valence-corrected chi connectivity index (χ2v) is 7.67. The zero-order valence-corrected chi connectivity index (χ0v) is 16.0. The van der Waals surface area contributed by atoms with E-state index in [0.717, 1.165) is 38.8 Å². The fraction of sp³-hybridized carbons (Fsp3) is 0.455. The van der Waals surface area contributed by atoms with Gasteiger partial charge in [-0.05, 0) is 49.9 Å². The first-order chi connectivity index (χ1) is 13.7. The summed E-state index contributed by atoms with van der Waals surface area (Å²) >= 11 is 0. The fourth-order valence-corrected chi connectivity index (χ4v) is 4.21. The average Bonchev–Trinajstić information content (AvgIpc) is 3.41. The van der Waals surface area contributed by atoms with E-state index in [1.165, 1.54) is 11.8 Å². The Hall–Kier alpha value is -2.60. The van der Waals surface area contributed by atoms with Gasteiger partial charge in [-0.1, -0.05) is 30.3 Å². The number of amides is 2. The molecule has 0 radical (unpaired) electrons. The highest BCUT2D eigenvalue weighted by atomic mass is 16.3. The zero-order valence-electron chi connectivity index (χ0n) is 16.0. The predicted octanol–water partition coefficient (Wildman–Crippen LogP) is 2.67. The van der Waals surface area contributed by atoms with Gasteiger partial charge in [-0.3, -0.25) is 14.5 Å². The van der Waals surface area contributed by atoms with Crippen molar-refractivity contribution < 1.29 is 14.0 Å². The predicted molar refractivity (Wildman–Crippen MR) is 106 cm³/mol. The number of likely N-dealkylation sites (tertiary alicyclic amines) is 2. The number of carbonyl (C=O) groups is 2. The molecule has 2 aliphatic heterocycles. The number of benzene rings is 1. The van der Waals surface area contributed by atoms with Crippen molar-refractivity contribution >= 4 is 11.8 Å². The van der Waals surface area contributed by atoms with Gasteiger partial charge in [0.1, 0.15) is 0 Å². The molecule has 2 amide bonds. The van der Waals surface area contributed by atoms with E-state index in [1.807, 2.05) is 18.2 Å². The van der Waals surface area contributed by atoms with E-state index in [-0.39, 0.29) is 23.9 Å². The molecule has 28 heavy (non-hydrogen) atoms. The van der Waals surface area contributed by atoms with Crippen LogP contribution in [0.4, 0.5) is 0 Å². The van der Waals surface area contributed by atoms with Gasteiger partial charge >= 0.3 is 0 Å². The van der Waals surface area contributed by atoms with Gasteiger partial charge in [0.05, 0.1) is 12.3 Å². The molecule has 0 spiro atoms. The normalized spacial score (nSPS) is 21.0. The molecule has 1 aromatic heterocycles. The van der Waals surface area contributed by atoms with Crippen molar-refractivity contribution in [1.29, 1.82) is 0 Å². The molecule has 2 aliphatic rings. The summed E-state index contributed by atoms with van der Waals surface area (Å²) in [6.07, 6.45) is 5.05. The van der Waals surface area contributed by atoms with E-state index >= 15 is 0 Å². The summed E-state index contributed by atoms with van der Waals surface area (Å²) in [5.41, 5.74) is 1.24. The lowest BCUT2D eigenvalue weighted by atomic mass is 10.0. The minimum atomic E-state index is -0.0698. The minimum absolute atomic E-state index is 0.0528. The van der Waals surface area contributed by atoms with Crippen LogP contribution in [0, 0.1) is 0 Å². The quantitative estimate of drug-likeness (QED) is 0.865. The molecule has 4 rings (SSSR count). The molecule has 6 nitrogen and oxygen atoms in total. The van der Waals surface area contributed by atoms with Crippen LogP contribution >= 0.6 is 0 Å². The van der Waals surface area contributed by atoms with E-state index in [1.54, 1.807) is 17.0 Å². The number of nitrogens with zero attached hydrogens (tertiary/aromatic N) is 2. The van der Waals surface area contributed by atoms with Crippen LogP contribution < -0.4 is 5.32 Å². The molecule has 1 unspecified atom stereocenters. The Morgan fingerprint density at radius 1 is 1.00 bits per heavy atom. The smallest absolute Gasteiger partial charge is 0.289 e. The summed E-state index contributed by atoms with van der Waals surface area (Å²) in [4.78, 5) is 29.3. The van der Waals surface area contributed by atoms with E-state index in [9.17, 15) is 9.59 Å². The van der Waals surface area contributed by atoms with Crippen LogP contribution in [0.2, 0.25) is 0 Å². The van der Waals surface area contributed by atoms with Gasteiger partial charge in [0.25, 0.3) is 5.91 Å². The topological polar surface area (TPSA) is 65.8 Å². The lowest BCUT2D eigenvalue weighted by Crippen LogP contribution is -2.51. The maximum Gasteiger partial charge on any atom is 0.289 e. The minimum Gasteiger partial charge on any atom is -0.459 e. The SMILES string of the molecule is O=C(NC1CCN(C(=O)c2ccco2)CC1)C1CCCN1Cc1ccccc1. The molecule has 1 aromatic carbocycles. The third-order valence-electron chi connectivity index (χ3n) is 5.76. The monoisotopic (exact) mass is 381 g/mol. The van der Waals surface area contributed by atoms with E-state index in [4.69, 9.17) is 4.42 Å². The fourth-order valence-electron chi connectivity index (χ4n) is 4.21. The molecule has 0 bridgehead atoms. The standard InChI is InChI=1S/C22H27N3O3/c26-21(19-8-4-12-25(19)16-17-6-2-1-3-7-17)23-18-10-13-24(14-11-18)22(27)20-9-5-15-28-20/h1-3,5-7,9,15,18-19H,4,8,10-14,16H2,(H,23,26). The summed E-state index contributed by atoms with van der Waals surface area (Å²) in [6.45, 7) is 3.06. The number of furan rings is 1. The van der Waals surface area contributed by atoms with Crippen molar-refractivity contribution in [3.63, 3.8) is 0 Å². The maximum absolute atomic E-state index is 12.9. The molecule has 0 saturated carbocycles. The van der Waals surface area contributed by atoms with E-state index in [2.05, 4.69) is 22.3 Å². The van der Waals surface area contributed by atoms with Crippen LogP contribution in [0.25, 0.3) is 0 Å². The van der Waals surface area contributed by atoms with Crippen LogP contribution in [0.3, 0.4) is 0 Å². The van der Waals surface area contributed by atoms with Crippen molar-refractivity contribution in [3.05, 3.63) is 60.1 Å². The molecule has 148 valence electrons. The Kier molecular flexibility index (Phi) is 5.76. The van der Waals surface area contributed by atoms with Crippen LogP contribution in [0.15, 0.2) is 53.1 Å². The molecule has 1 N–H and O–H groups in total. The second-order valence-electron chi connectivity index (χ2n) is 7.67. The summed E-state index contributed by atoms with van der Waals surface area (Å²) in [7, 11) is 0. The summed E-state index contributed by atoms with van der Waals surface area (Å²) < 4.78 is 5.20. The highest BCUT2D eigenvalue weighted by molar-refractivity contribution is 5.91. The Labute approximate surface area is 165 Å². The lowest BCUT2D eigenvalue weighted by Gasteiger charge is -2.33. The highest BCUT2D eigenvalue weighted by Crippen LogP contribution is 2.21. The summed E-state index contributed by atoms with van der Waals surface area (Å²) in [6, 6.07) is 13.8. The Bertz CT molecular complexity index is 783. The van der Waals surface area contributed by atoms with Crippen LogP contribution in [-0.4, -0.2) is 53.3 Å². The van der Waals surface area contributed by atoms with Gasteiger partial charge in [-0.15, -0.1) is 0 Å². The van der Waals surface area contributed by atoms with Crippen LogP contribution in [0.1, 0.15) is 41.8 Å². The van der Waals surface area contributed by atoms with Gasteiger partial charge in [0.2, 0.25) is 5.91 Å². The number of hydrogen-bond donors (Lipinski definition) is 1. The molecular weight excluding hydrogens is 354 g/mol. The van der Waals surface area contributed by atoms with Crippen molar-refractivity contribution in [1.82, 2.24) is 15.1 Å². The molecule has 6 heteroatoms. The van der Waals surface area contributed by atoms with Gasteiger partial charge in [-0.2, -0.15) is 0 Å². The third-order valence-corrected chi connectivity index (χ3v) is 5.76.